The van der Waals surface area contributed by atoms with Gasteiger partial charge in [0.2, 0.25) is 5.91 Å². The maximum Gasteiger partial charge on any atom is 0.235 e. The quantitative estimate of drug-likeness (QED) is 0.618. The first kappa shape index (κ1) is 22.0. The van der Waals surface area contributed by atoms with E-state index >= 15 is 0 Å². The van der Waals surface area contributed by atoms with Gasteiger partial charge in [0.05, 0.1) is 25.0 Å². The molecule has 1 aromatic carbocycles. The van der Waals surface area contributed by atoms with E-state index in [1.807, 2.05) is 25.1 Å². The van der Waals surface area contributed by atoms with Crippen molar-refractivity contribution in [3.05, 3.63) is 58.0 Å². The van der Waals surface area contributed by atoms with E-state index in [1.165, 1.54) is 0 Å². The second-order valence-electron chi connectivity index (χ2n) is 7.08. The largest absolute Gasteiger partial charge is 0.465 e. The van der Waals surface area contributed by atoms with E-state index in [9.17, 15) is 13.2 Å². The van der Waals surface area contributed by atoms with Crippen LogP contribution in [0.25, 0.3) is 0 Å². The van der Waals surface area contributed by atoms with Crippen LogP contribution in [0.4, 0.5) is 0 Å². The fraction of sp³-hybridized carbons (Fsp3) is 0.450. The number of carbonyl (C=O) groups is 1. The molecule has 0 spiro atoms. The molecule has 2 aromatic rings. The van der Waals surface area contributed by atoms with Crippen LogP contribution in [0.3, 0.4) is 0 Å². The number of halogens is 1. The molecule has 1 saturated heterocycles. The zero-order valence-electron chi connectivity index (χ0n) is 16.3. The molecule has 1 fully saturated rings. The molecule has 0 aliphatic carbocycles. The van der Waals surface area contributed by atoms with Gasteiger partial charge in [-0.05, 0) is 36.8 Å². The normalized spacial score (nSPS) is 16.5. The van der Waals surface area contributed by atoms with Gasteiger partial charge in [0.15, 0.2) is 9.84 Å². The van der Waals surface area contributed by atoms with Gasteiger partial charge in [-0.25, -0.2) is 8.42 Å². The van der Waals surface area contributed by atoms with Crippen molar-refractivity contribution in [2.45, 2.75) is 18.7 Å². The van der Waals surface area contributed by atoms with E-state index in [2.05, 4.69) is 26.1 Å². The number of rotatable bonds is 8. The minimum absolute atomic E-state index is 0.163. The monoisotopic (exact) mass is 484 g/mol. The summed E-state index contributed by atoms with van der Waals surface area (Å²) in [5.74, 6) is 0.306. The molecule has 9 heteroatoms. The number of furan rings is 1. The third kappa shape index (κ3) is 6.67. The van der Waals surface area contributed by atoms with Gasteiger partial charge in [-0.3, -0.25) is 9.69 Å². The van der Waals surface area contributed by atoms with Gasteiger partial charge in [-0.15, -0.1) is 0 Å². The lowest BCUT2D eigenvalue weighted by molar-refractivity contribution is -0.119. The third-order valence-electron chi connectivity index (χ3n) is 4.70. The fourth-order valence-corrected chi connectivity index (χ4v) is 5.06. The van der Waals surface area contributed by atoms with Crippen molar-refractivity contribution >= 4 is 31.7 Å². The summed E-state index contributed by atoms with van der Waals surface area (Å²) < 4.78 is 36.8. The zero-order chi connectivity index (χ0) is 20.9. The Labute approximate surface area is 179 Å². The molecule has 0 radical (unpaired) electrons. The Balaban J connectivity index is 1.60. The molecule has 1 amide bonds. The number of hydrogen-bond donors (Lipinski definition) is 1. The van der Waals surface area contributed by atoms with Crippen molar-refractivity contribution in [2.75, 3.05) is 38.6 Å². The fourth-order valence-electron chi connectivity index (χ4n) is 3.32. The highest BCUT2D eigenvalue weighted by Gasteiger charge is 2.26. The van der Waals surface area contributed by atoms with Crippen molar-refractivity contribution in [1.82, 2.24) is 10.2 Å². The van der Waals surface area contributed by atoms with Gasteiger partial charge in [0.25, 0.3) is 0 Å². The first-order chi connectivity index (χ1) is 13.8. The van der Waals surface area contributed by atoms with Crippen molar-refractivity contribution in [3.63, 3.8) is 0 Å². The Bertz CT molecular complexity index is 938. The number of aryl methyl sites for hydroxylation is 1. The summed E-state index contributed by atoms with van der Waals surface area (Å²) in [7, 11) is -3.57. The molecule has 0 bridgehead atoms. The number of ether oxygens (including phenoxy) is 1. The smallest absolute Gasteiger partial charge is 0.235 e. The highest BCUT2D eigenvalue weighted by molar-refractivity contribution is 9.10. The summed E-state index contributed by atoms with van der Waals surface area (Å²) in [6, 6.07) is 10.7. The van der Waals surface area contributed by atoms with Crippen LogP contribution in [0.1, 0.15) is 23.1 Å². The van der Waals surface area contributed by atoms with E-state index < -0.39 is 21.5 Å². The van der Waals surface area contributed by atoms with Gasteiger partial charge in [-0.2, -0.15) is 0 Å². The summed E-state index contributed by atoms with van der Waals surface area (Å²) in [6.45, 7) is 4.82. The molecular weight excluding hydrogens is 460 g/mol. The van der Waals surface area contributed by atoms with E-state index in [4.69, 9.17) is 9.15 Å². The van der Waals surface area contributed by atoms with Crippen molar-refractivity contribution in [2.24, 2.45) is 0 Å². The SMILES string of the molecule is Cc1ccc(C(CNC(=O)CS(=O)(=O)Cc2cccc(Br)c2)N2CCOCC2)o1. The van der Waals surface area contributed by atoms with Crippen LogP contribution < -0.4 is 5.32 Å². The highest BCUT2D eigenvalue weighted by atomic mass is 79.9. The topological polar surface area (TPSA) is 88.9 Å². The number of amides is 1. The lowest BCUT2D eigenvalue weighted by atomic mass is 10.1. The standard InChI is InChI=1S/C20H25BrN2O5S/c1-15-5-6-19(28-15)18(23-7-9-27-10-8-23)12-22-20(24)14-29(25,26)13-16-3-2-4-17(21)11-16/h2-6,11,18H,7-10,12-14H2,1H3,(H,22,24). The molecular formula is C20H25BrN2O5S. The van der Waals surface area contributed by atoms with Gasteiger partial charge in [0.1, 0.15) is 17.3 Å². The first-order valence-electron chi connectivity index (χ1n) is 9.42. The average molecular weight is 485 g/mol. The molecule has 7 nitrogen and oxygen atoms in total. The number of sulfone groups is 1. The maximum absolute atomic E-state index is 12.4. The first-order valence-corrected chi connectivity index (χ1v) is 12.0. The van der Waals surface area contributed by atoms with E-state index in [-0.39, 0.29) is 18.3 Å². The second kappa shape index (κ2) is 9.88. The van der Waals surface area contributed by atoms with Crippen LogP contribution in [0.5, 0.6) is 0 Å². The molecule has 3 rings (SSSR count). The maximum atomic E-state index is 12.4. The Morgan fingerprint density at radius 1 is 1.24 bits per heavy atom. The summed E-state index contributed by atoms with van der Waals surface area (Å²) >= 11 is 3.33. The molecule has 1 unspecified atom stereocenters. The van der Waals surface area contributed by atoms with Crippen LogP contribution in [-0.2, 0) is 25.1 Å². The molecule has 1 aliphatic rings. The molecule has 29 heavy (non-hydrogen) atoms. The lowest BCUT2D eigenvalue weighted by Gasteiger charge is -2.33. The minimum atomic E-state index is -3.57. The van der Waals surface area contributed by atoms with E-state index in [1.54, 1.807) is 18.2 Å². The molecule has 1 aromatic heterocycles. The number of hydrogen-bond acceptors (Lipinski definition) is 6. The minimum Gasteiger partial charge on any atom is -0.465 e. The van der Waals surface area contributed by atoms with E-state index in [0.29, 0.717) is 18.8 Å². The van der Waals surface area contributed by atoms with Crippen LogP contribution >= 0.6 is 15.9 Å². The predicted molar refractivity (Wildman–Crippen MR) is 113 cm³/mol. The number of carbonyl (C=O) groups excluding carboxylic acids is 1. The van der Waals surface area contributed by atoms with Gasteiger partial charge in [-0.1, -0.05) is 28.1 Å². The Hall–Kier alpha value is -1.68. The van der Waals surface area contributed by atoms with Crippen LogP contribution in [0, 0.1) is 6.92 Å². The van der Waals surface area contributed by atoms with Gasteiger partial charge < -0.3 is 14.5 Å². The zero-order valence-corrected chi connectivity index (χ0v) is 18.7. The summed E-state index contributed by atoms with van der Waals surface area (Å²) in [6.07, 6.45) is 0. The summed E-state index contributed by atoms with van der Waals surface area (Å²) in [5.41, 5.74) is 0.643. The number of morpholine rings is 1. The summed E-state index contributed by atoms with van der Waals surface area (Å²) in [4.78, 5) is 14.5. The number of benzene rings is 1. The Morgan fingerprint density at radius 3 is 2.66 bits per heavy atom. The van der Waals surface area contributed by atoms with Crippen molar-refractivity contribution in [1.29, 1.82) is 0 Å². The highest BCUT2D eigenvalue weighted by Crippen LogP contribution is 2.23. The van der Waals surface area contributed by atoms with Crippen LogP contribution in [-0.4, -0.2) is 57.8 Å². The average Bonchev–Trinajstić information content (AvgIpc) is 3.08. The number of nitrogens with one attached hydrogen (secondary N) is 1. The predicted octanol–water partition coefficient (Wildman–Crippen LogP) is 2.46. The molecule has 1 atom stereocenters. The molecule has 1 N–H and O–H groups in total. The summed E-state index contributed by atoms with van der Waals surface area (Å²) in [5, 5.41) is 2.77. The molecule has 2 heterocycles. The van der Waals surface area contributed by atoms with Gasteiger partial charge in [0, 0.05) is 24.1 Å². The third-order valence-corrected chi connectivity index (χ3v) is 6.66. The van der Waals surface area contributed by atoms with Crippen LogP contribution in [0.15, 0.2) is 45.3 Å². The molecule has 158 valence electrons. The molecule has 0 saturated carbocycles. The molecule has 1 aliphatic heterocycles. The lowest BCUT2D eigenvalue weighted by Crippen LogP contribution is -2.44. The van der Waals surface area contributed by atoms with Gasteiger partial charge >= 0.3 is 0 Å². The van der Waals surface area contributed by atoms with E-state index in [0.717, 1.165) is 29.1 Å². The number of nitrogens with zero attached hydrogens (tertiary/aromatic N) is 1. The van der Waals surface area contributed by atoms with Crippen molar-refractivity contribution < 1.29 is 22.4 Å². The van der Waals surface area contributed by atoms with Crippen molar-refractivity contribution in [3.8, 4) is 0 Å². The Kier molecular flexibility index (Phi) is 7.50. The Morgan fingerprint density at radius 2 is 2.00 bits per heavy atom. The van der Waals surface area contributed by atoms with Crippen LogP contribution in [0.2, 0.25) is 0 Å². The second-order valence-corrected chi connectivity index (χ2v) is 10.1.